The molecule has 0 atom stereocenters. The predicted octanol–water partition coefficient (Wildman–Crippen LogP) is 2.50. The molecule has 0 spiro atoms. The van der Waals surface area contributed by atoms with E-state index >= 15 is 0 Å². The van der Waals surface area contributed by atoms with Crippen LogP contribution < -0.4 is 5.32 Å². The van der Waals surface area contributed by atoms with E-state index < -0.39 is 25.8 Å². The summed E-state index contributed by atoms with van der Waals surface area (Å²) in [6.45, 7) is 2.36. The molecular formula is C18H22N2O6S2. The zero-order valence-electron chi connectivity index (χ0n) is 15.4. The summed E-state index contributed by atoms with van der Waals surface area (Å²) < 4.78 is 56.3. The SMILES string of the molecule is CCS(=O)(=O)c1ccccc1NC(=O)c1ccc(S(=O)(=O)N2CCCCC2)o1. The van der Waals surface area contributed by atoms with Crippen molar-refractivity contribution in [2.24, 2.45) is 0 Å². The molecule has 28 heavy (non-hydrogen) atoms. The number of piperidine rings is 1. The van der Waals surface area contributed by atoms with Gasteiger partial charge >= 0.3 is 0 Å². The molecule has 1 aromatic carbocycles. The Morgan fingerprint density at radius 3 is 2.39 bits per heavy atom. The highest BCUT2D eigenvalue weighted by atomic mass is 32.2. The Morgan fingerprint density at radius 1 is 1.04 bits per heavy atom. The van der Waals surface area contributed by atoms with E-state index in [1.165, 1.54) is 35.5 Å². The van der Waals surface area contributed by atoms with Crippen LogP contribution >= 0.6 is 0 Å². The first-order chi connectivity index (χ1) is 13.3. The molecule has 1 N–H and O–H groups in total. The second kappa shape index (κ2) is 8.06. The maximum absolute atomic E-state index is 12.6. The molecule has 0 unspecified atom stereocenters. The number of furan rings is 1. The fourth-order valence-electron chi connectivity index (χ4n) is 2.99. The molecule has 152 valence electrons. The van der Waals surface area contributed by atoms with E-state index in [0.717, 1.165) is 19.3 Å². The van der Waals surface area contributed by atoms with Crippen molar-refractivity contribution in [3.63, 3.8) is 0 Å². The average molecular weight is 427 g/mol. The first kappa shape index (κ1) is 20.6. The second-order valence-electron chi connectivity index (χ2n) is 6.44. The van der Waals surface area contributed by atoms with E-state index in [1.807, 2.05) is 0 Å². The van der Waals surface area contributed by atoms with Gasteiger partial charge in [-0.25, -0.2) is 16.8 Å². The van der Waals surface area contributed by atoms with Crippen molar-refractivity contribution < 1.29 is 26.0 Å². The molecular weight excluding hydrogens is 404 g/mol. The summed E-state index contributed by atoms with van der Waals surface area (Å²) in [5, 5.41) is 2.19. The quantitative estimate of drug-likeness (QED) is 0.759. The molecule has 0 saturated carbocycles. The third-order valence-corrected chi connectivity index (χ3v) is 8.12. The number of hydrogen-bond donors (Lipinski definition) is 1. The summed E-state index contributed by atoms with van der Waals surface area (Å²) in [5.74, 6) is -1.04. The van der Waals surface area contributed by atoms with E-state index in [4.69, 9.17) is 4.42 Å². The predicted molar refractivity (Wildman–Crippen MR) is 103 cm³/mol. The Morgan fingerprint density at radius 2 is 1.71 bits per heavy atom. The summed E-state index contributed by atoms with van der Waals surface area (Å²) in [7, 11) is -7.33. The van der Waals surface area contributed by atoms with Crippen LogP contribution in [0.2, 0.25) is 0 Å². The zero-order chi connectivity index (χ0) is 20.4. The lowest BCUT2D eigenvalue weighted by atomic mass is 10.2. The fraction of sp³-hybridized carbons (Fsp3) is 0.389. The molecule has 1 fully saturated rings. The number of carbonyl (C=O) groups excluding carboxylic acids is 1. The number of anilines is 1. The van der Waals surface area contributed by atoms with Crippen LogP contribution in [-0.4, -0.2) is 45.9 Å². The molecule has 0 aliphatic carbocycles. The van der Waals surface area contributed by atoms with E-state index in [0.29, 0.717) is 13.1 Å². The van der Waals surface area contributed by atoms with Crippen LogP contribution in [0.15, 0.2) is 50.8 Å². The smallest absolute Gasteiger partial charge is 0.291 e. The van der Waals surface area contributed by atoms with Crippen molar-refractivity contribution in [3.05, 3.63) is 42.2 Å². The minimum Gasteiger partial charge on any atom is -0.438 e. The number of rotatable bonds is 6. The van der Waals surface area contributed by atoms with Gasteiger partial charge in [-0.2, -0.15) is 4.31 Å². The summed E-state index contributed by atoms with van der Waals surface area (Å²) in [6, 6.07) is 8.54. The molecule has 10 heteroatoms. The van der Waals surface area contributed by atoms with Gasteiger partial charge in [-0.1, -0.05) is 25.5 Å². The Bertz CT molecular complexity index is 1070. The number of carbonyl (C=O) groups is 1. The second-order valence-corrected chi connectivity index (χ2v) is 10.6. The van der Waals surface area contributed by atoms with Crippen LogP contribution in [0.4, 0.5) is 5.69 Å². The monoisotopic (exact) mass is 426 g/mol. The van der Waals surface area contributed by atoms with Gasteiger partial charge in [0.15, 0.2) is 15.6 Å². The minimum absolute atomic E-state index is 0.00133. The summed E-state index contributed by atoms with van der Waals surface area (Å²) in [4.78, 5) is 12.5. The topological polar surface area (TPSA) is 114 Å². The Kier molecular flexibility index (Phi) is 5.92. The van der Waals surface area contributed by atoms with Gasteiger partial charge in [-0.15, -0.1) is 0 Å². The van der Waals surface area contributed by atoms with Crippen molar-refractivity contribution in [2.75, 3.05) is 24.2 Å². The van der Waals surface area contributed by atoms with Gasteiger partial charge in [0.1, 0.15) is 0 Å². The van der Waals surface area contributed by atoms with Crippen molar-refractivity contribution in [1.82, 2.24) is 4.31 Å². The number of para-hydroxylation sites is 1. The van der Waals surface area contributed by atoms with E-state index in [1.54, 1.807) is 12.1 Å². The van der Waals surface area contributed by atoms with E-state index in [-0.39, 0.29) is 27.2 Å². The molecule has 2 heterocycles. The molecule has 1 aliphatic heterocycles. The molecule has 3 rings (SSSR count). The highest BCUT2D eigenvalue weighted by Gasteiger charge is 2.30. The summed E-state index contributed by atoms with van der Waals surface area (Å²) in [6.07, 6.45) is 2.56. The standard InChI is InChI=1S/C18H22N2O6S2/c1-2-27(22,23)16-9-5-4-8-14(16)19-18(21)15-10-11-17(26-15)28(24,25)20-12-6-3-7-13-20/h4-5,8-11H,2-3,6-7,12-13H2,1H3,(H,19,21). The molecule has 1 amide bonds. The molecule has 0 bridgehead atoms. The zero-order valence-corrected chi connectivity index (χ0v) is 17.1. The van der Waals surface area contributed by atoms with Crippen LogP contribution in [-0.2, 0) is 19.9 Å². The van der Waals surface area contributed by atoms with Crippen LogP contribution in [0, 0.1) is 0 Å². The van der Waals surface area contributed by atoms with Crippen LogP contribution in [0.3, 0.4) is 0 Å². The largest absolute Gasteiger partial charge is 0.438 e. The van der Waals surface area contributed by atoms with Gasteiger partial charge in [-0.05, 0) is 37.1 Å². The van der Waals surface area contributed by atoms with Gasteiger partial charge in [-0.3, -0.25) is 4.79 Å². The van der Waals surface area contributed by atoms with E-state index in [2.05, 4.69) is 5.32 Å². The Labute approximate surface area is 164 Å². The van der Waals surface area contributed by atoms with Gasteiger partial charge in [0.2, 0.25) is 5.09 Å². The van der Waals surface area contributed by atoms with Crippen LogP contribution in [0.5, 0.6) is 0 Å². The Hall–Kier alpha value is -2.17. The third-order valence-electron chi connectivity index (χ3n) is 4.56. The number of nitrogens with zero attached hydrogens (tertiary/aromatic N) is 1. The number of sulfonamides is 1. The number of sulfone groups is 1. The third kappa shape index (κ3) is 4.13. The number of benzene rings is 1. The molecule has 1 saturated heterocycles. The Balaban J connectivity index is 1.83. The molecule has 0 radical (unpaired) electrons. The van der Waals surface area contributed by atoms with E-state index in [9.17, 15) is 21.6 Å². The van der Waals surface area contributed by atoms with Crippen LogP contribution in [0.1, 0.15) is 36.7 Å². The average Bonchev–Trinajstić information content (AvgIpc) is 3.20. The number of hydrogen-bond acceptors (Lipinski definition) is 6. The molecule has 8 nitrogen and oxygen atoms in total. The fourth-order valence-corrected chi connectivity index (χ4v) is 5.47. The maximum Gasteiger partial charge on any atom is 0.291 e. The van der Waals surface area contributed by atoms with Crippen molar-refractivity contribution in [1.29, 1.82) is 0 Å². The summed E-state index contributed by atoms with van der Waals surface area (Å²) >= 11 is 0. The lowest BCUT2D eigenvalue weighted by molar-refractivity contribution is 0.0991. The molecule has 1 aromatic heterocycles. The van der Waals surface area contributed by atoms with Gasteiger partial charge in [0, 0.05) is 13.1 Å². The van der Waals surface area contributed by atoms with Gasteiger partial charge < -0.3 is 9.73 Å². The highest BCUT2D eigenvalue weighted by Crippen LogP contribution is 2.25. The highest BCUT2D eigenvalue weighted by molar-refractivity contribution is 7.91. The maximum atomic E-state index is 12.6. The lowest BCUT2D eigenvalue weighted by Crippen LogP contribution is -2.35. The van der Waals surface area contributed by atoms with Gasteiger partial charge in [0.05, 0.1) is 16.3 Å². The first-order valence-corrected chi connectivity index (χ1v) is 12.1. The number of amides is 1. The van der Waals surface area contributed by atoms with Crippen LogP contribution in [0.25, 0.3) is 0 Å². The molecule has 2 aromatic rings. The summed E-state index contributed by atoms with van der Waals surface area (Å²) in [5.41, 5.74) is 0.117. The normalized spacial score (nSPS) is 16.0. The minimum atomic E-state index is -3.79. The lowest BCUT2D eigenvalue weighted by Gasteiger charge is -2.24. The van der Waals surface area contributed by atoms with Gasteiger partial charge in [0.25, 0.3) is 15.9 Å². The first-order valence-electron chi connectivity index (χ1n) is 8.99. The van der Waals surface area contributed by atoms with Crippen molar-refractivity contribution in [2.45, 2.75) is 36.2 Å². The number of nitrogens with one attached hydrogen (secondary N) is 1. The van der Waals surface area contributed by atoms with Crippen molar-refractivity contribution >= 4 is 31.5 Å². The van der Waals surface area contributed by atoms with Crippen molar-refractivity contribution in [3.8, 4) is 0 Å². The molecule has 1 aliphatic rings.